The molecule has 0 fully saturated rings. The van der Waals surface area contributed by atoms with E-state index in [9.17, 15) is 0 Å². The smallest absolute Gasteiger partial charge is 0.157 e. The van der Waals surface area contributed by atoms with Crippen LogP contribution in [0.5, 0.6) is 5.75 Å². The van der Waals surface area contributed by atoms with Gasteiger partial charge in [-0.05, 0) is 35.4 Å². The fourth-order valence-corrected chi connectivity index (χ4v) is 2.56. The van der Waals surface area contributed by atoms with Crippen molar-refractivity contribution in [3.05, 3.63) is 34.9 Å². The Morgan fingerprint density at radius 1 is 1.33 bits per heavy atom. The Labute approximate surface area is 111 Å². The summed E-state index contributed by atoms with van der Waals surface area (Å²) >= 11 is 0. The Balaban J connectivity index is 3.71. The van der Waals surface area contributed by atoms with Gasteiger partial charge >= 0.3 is 0 Å². The molecule has 0 aromatic heterocycles. The van der Waals surface area contributed by atoms with E-state index in [2.05, 4.69) is 54.2 Å². The average molecular weight is 247 g/mol. The van der Waals surface area contributed by atoms with Gasteiger partial charge in [-0.3, -0.25) is 0 Å². The molecule has 0 radical (unpaired) electrons. The summed E-state index contributed by atoms with van der Waals surface area (Å²) in [5.74, 6) is 6.57. The maximum Gasteiger partial charge on any atom is 0.157 e. The van der Waals surface area contributed by atoms with Crippen molar-refractivity contribution in [3.63, 3.8) is 0 Å². The molecule has 0 amide bonds. The normalized spacial score (nSPS) is 11.8. The Hall–Kier alpha value is -1.28. The Morgan fingerprint density at radius 2 is 1.89 bits per heavy atom. The van der Waals surface area contributed by atoms with Crippen molar-refractivity contribution in [3.8, 4) is 5.75 Å². The predicted octanol–water partition coefficient (Wildman–Crippen LogP) is 4.31. The quantitative estimate of drug-likeness (QED) is 0.808. The molecule has 2 heteroatoms. The van der Waals surface area contributed by atoms with Crippen molar-refractivity contribution in [2.75, 3.05) is 0 Å². The third-order valence-electron chi connectivity index (χ3n) is 3.34. The van der Waals surface area contributed by atoms with Gasteiger partial charge in [0.15, 0.2) is 5.75 Å². The Morgan fingerprint density at radius 3 is 2.22 bits per heavy atom. The molecule has 18 heavy (non-hydrogen) atoms. The van der Waals surface area contributed by atoms with Crippen LogP contribution in [0.2, 0.25) is 0 Å². The molecule has 100 valence electrons. The van der Waals surface area contributed by atoms with Gasteiger partial charge in [-0.25, -0.2) is 0 Å². The van der Waals surface area contributed by atoms with E-state index in [0.29, 0.717) is 5.92 Å². The summed E-state index contributed by atoms with van der Waals surface area (Å²) in [6.07, 6.45) is 1.81. The Bertz CT molecular complexity index is 453. The zero-order valence-electron chi connectivity index (χ0n) is 12.4. The second-order valence-corrected chi connectivity index (χ2v) is 6.11. The molecule has 0 heterocycles. The van der Waals surface area contributed by atoms with Gasteiger partial charge in [0, 0.05) is 11.1 Å². The van der Waals surface area contributed by atoms with Crippen molar-refractivity contribution >= 4 is 6.08 Å². The molecule has 0 aliphatic carbocycles. The van der Waals surface area contributed by atoms with Crippen LogP contribution in [-0.2, 0) is 5.41 Å². The van der Waals surface area contributed by atoms with Crippen LogP contribution in [0.3, 0.4) is 0 Å². The van der Waals surface area contributed by atoms with Gasteiger partial charge in [0.25, 0.3) is 0 Å². The lowest BCUT2D eigenvalue weighted by Gasteiger charge is -2.27. The summed E-state index contributed by atoms with van der Waals surface area (Å²) in [5, 5.41) is 0. The average Bonchev–Trinajstić information content (AvgIpc) is 2.25. The van der Waals surface area contributed by atoms with Crippen molar-refractivity contribution in [2.24, 2.45) is 5.90 Å². The standard InChI is InChI=1S/C16H25NO/c1-8-12-9-13(16(5,6)7)11(4)14(10(2)3)15(12)18-17/h8-10H,1,17H2,2-7H3. The number of hydrogen-bond donors (Lipinski definition) is 1. The maximum atomic E-state index is 5.45. The monoisotopic (exact) mass is 247 g/mol. The predicted molar refractivity (Wildman–Crippen MR) is 78.9 cm³/mol. The van der Waals surface area contributed by atoms with Crippen LogP contribution in [0.25, 0.3) is 6.08 Å². The third-order valence-corrected chi connectivity index (χ3v) is 3.34. The molecule has 2 N–H and O–H groups in total. The number of nitrogens with two attached hydrogens (primary N) is 1. The molecule has 0 saturated carbocycles. The summed E-state index contributed by atoms with van der Waals surface area (Å²) in [4.78, 5) is 5.11. The molecule has 0 aliphatic rings. The fraction of sp³-hybridized carbons (Fsp3) is 0.500. The van der Waals surface area contributed by atoms with Gasteiger partial charge in [-0.15, -0.1) is 0 Å². The van der Waals surface area contributed by atoms with Gasteiger partial charge in [-0.2, -0.15) is 5.90 Å². The van der Waals surface area contributed by atoms with E-state index in [4.69, 9.17) is 10.7 Å². The van der Waals surface area contributed by atoms with Gasteiger partial charge in [0.05, 0.1) is 0 Å². The van der Waals surface area contributed by atoms with Crippen molar-refractivity contribution < 1.29 is 4.84 Å². The first kappa shape index (κ1) is 14.8. The fourth-order valence-electron chi connectivity index (χ4n) is 2.56. The van der Waals surface area contributed by atoms with Crippen LogP contribution in [0.4, 0.5) is 0 Å². The lowest BCUT2D eigenvalue weighted by molar-refractivity contribution is 0.328. The first-order chi connectivity index (χ1) is 8.23. The first-order valence-electron chi connectivity index (χ1n) is 6.41. The second kappa shape index (κ2) is 5.15. The minimum Gasteiger partial charge on any atom is -0.411 e. The molecule has 0 atom stereocenters. The van der Waals surface area contributed by atoms with Crippen LogP contribution in [-0.4, -0.2) is 0 Å². The number of hydrogen-bond acceptors (Lipinski definition) is 2. The summed E-state index contributed by atoms with van der Waals surface area (Å²) in [6.45, 7) is 17.0. The largest absolute Gasteiger partial charge is 0.411 e. The summed E-state index contributed by atoms with van der Waals surface area (Å²) < 4.78 is 0. The van der Waals surface area contributed by atoms with Crippen molar-refractivity contribution in [1.82, 2.24) is 0 Å². The number of benzene rings is 1. The molecule has 0 saturated heterocycles. The lowest BCUT2D eigenvalue weighted by Crippen LogP contribution is -2.17. The highest BCUT2D eigenvalue weighted by molar-refractivity contribution is 5.64. The zero-order valence-corrected chi connectivity index (χ0v) is 12.4. The zero-order chi connectivity index (χ0) is 14.1. The molecule has 1 aromatic rings. The minimum atomic E-state index is 0.0958. The molecule has 1 rings (SSSR count). The van der Waals surface area contributed by atoms with Crippen LogP contribution in [0, 0.1) is 6.92 Å². The van der Waals surface area contributed by atoms with E-state index in [1.807, 2.05) is 6.08 Å². The van der Waals surface area contributed by atoms with Crippen LogP contribution in [0.1, 0.15) is 62.8 Å². The summed E-state index contributed by atoms with van der Waals surface area (Å²) in [5.41, 5.74) is 4.83. The number of rotatable bonds is 3. The van der Waals surface area contributed by atoms with Crippen LogP contribution < -0.4 is 10.7 Å². The van der Waals surface area contributed by atoms with E-state index < -0.39 is 0 Å². The van der Waals surface area contributed by atoms with E-state index in [-0.39, 0.29) is 5.41 Å². The molecule has 0 aliphatic heterocycles. The molecule has 0 spiro atoms. The van der Waals surface area contributed by atoms with Crippen LogP contribution >= 0.6 is 0 Å². The highest BCUT2D eigenvalue weighted by atomic mass is 16.6. The highest BCUT2D eigenvalue weighted by Gasteiger charge is 2.24. The second-order valence-electron chi connectivity index (χ2n) is 6.11. The van der Waals surface area contributed by atoms with Gasteiger partial charge in [0.2, 0.25) is 0 Å². The Kier molecular flexibility index (Phi) is 4.23. The van der Waals surface area contributed by atoms with Crippen LogP contribution in [0.15, 0.2) is 12.6 Å². The van der Waals surface area contributed by atoms with Crippen molar-refractivity contribution in [1.29, 1.82) is 0 Å². The van der Waals surface area contributed by atoms with E-state index in [1.54, 1.807) is 0 Å². The van der Waals surface area contributed by atoms with E-state index in [1.165, 1.54) is 16.7 Å². The third kappa shape index (κ3) is 2.59. The maximum absolute atomic E-state index is 5.45. The SMILES string of the molecule is C=Cc1cc(C(C)(C)C)c(C)c(C(C)C)c1ON. The van der Waals surface area contributed by atoms with E-state index >= 15 is 0 Å². The molecule has 0 unspecified atom stereocenters. The lowest BCUT2D eigenvalue weighted by atomic mass is 9.79. The van der Waals surface area contributed by atoms with Gasteiger partial charge < -0.3 is 4.84 Å². The van der Waals surface area contributed by atoms with Gasteiger partial charge in [0.1, 0.15) is 0 Å². The summed E-state index contributed by atoms with van der Waals surface area (Å²) in [7, 11) is 0. The molecule has 2 nitrogen and oxygen atoms in total. The van der Waals surface area contributed by atoms with E-state index in [0.717, 1.165) is 11.3 Å². The topological polar surface area (TPSA) is 35.2 Å². The van der Waals surface area contributed by atoms with Crippen molar-refractivity contribution in [2.45, 2.75) is 52.9 Å². The first-order valence-corrected chi connectivity index (χ1v) is 6.41. The molecule has 0 bridgehead atoms. The highest BCUT2D eigenvalue weighted by Crippen LogP contribution is 2.39. The minimum absolute atomic E-state index is 0.0958. The molecule has 1 aromatic carbocycles. The molecular weight excluding hydrogens is 222 g/mol. The molecular formula is C16H25NO. The summed E-state index contributed by atoms with van der Waals surface area (Å²) in [6, 6.07) is 2.14. The van der Waals surface area contributed by atoms with Gasteiger partial charge in [-0.1, -0.05) is 47.3 Å².